The maximum absolute atomic E-state index is 11.7. The molecule has 2 rings (SSSR count). The normalized spacial score (nSPS) is 18.8. The SMILES string of the molecule is O=C(NCC[C@@H]1CCCN1)c1csc([N+](=O)[O-])c1. The molecule has 0 aromatic carbocycles. The number of nitrogens with one attached hydrogen (secondary N) is 2. The van der Waals surface area contributed by atoms with Crippen LogP contribution in [0.1, 0.15) is 29.6 Å². The van der Waals surface area contributed by atoms with Crippen LogP contribution < -0.4 is 10.6 Å². The van der Waals surface area contributed by atoms with Crippen molar-refractivity contribution in [3.8, 4) is 0 Å². The van der Waals surface area contributed by atoms with Crippen LogP contribution in [0.15, 0.2) is 11.4 Å². The highest BCUT2D eigenvalue weighted by Gasteiger charge is 2.16. The van der Waals surface area contributed by atoms with Gasteiger partial charge in [-0.25, -0.2) is 0 Å². The number of hydrogen-bond acceptors (Lipinski definition) is 5. The maximum atomic E-state index is 11.7. The number of amides is 1. The van der Waals surface area contributed by atoms with Gasteiger partial charge < -0.3 is 10.6 Å². The van der Waals surface area contributed by atoms with E-state index in [1.54, 1.807) is 0 Å². The van der Waals surface area contributed by atoms with Gasteiger partial charge in [0.05, 0.1) is 10.5 Å². The standard InChI is InChI=1S/C11H15N3O3S/c15-11(8-6-10(14(16)17)18-7-8)13-5-3-9-2-1-4-12-9/h6-7,9,12H,1-5H2,(H,13,15)/t9-/m0/s1. The number of nitro groups is 1. The van der Waals surface area contributed by atoms with Gasteiger partial charge in [0, 0.05) is 24.0 Å². The fourth-order valence-electron chi connectivity index (χ4n) is 2.00. The molecule has 0 bridgehead atoms. The Balaban J connectivity index is 1.77. The molecule has 1 aromatic rings. The fourth-order valence-corrected chi connectivity index (χ4v) is 2.71. The fraction of sp³-hybridized carbons (Fsp3) is 0.545. The van der Waals surface area contributed by atoms with Gasteiger partial charge in [0.25, 0.3) is 5.91 Å². The second-order valence-corrected chi connectivity index (χ2v) is 5.16. The monoisotopic (exact) mass is 269 g/mol. The quantitative estimate of drug-likeness (QED) is 0.627. The van der Waals surface area contributed by atoms with E-state index < -0.39 is 4.92 Å². The molecule has 2 N–H and O–H groups in total. The Hall–Kier alpha value is -1.47. The maximum Gasteiger partial charge on any atom is 0.324 e. The number of nitrogens with zero attached hydrogens (tertiary/aromatic N) is 1. The summed E-state index contributed by atoms with van der Waals surface area (Å²) in [4.78, 5) is 21.7. The smallest absolute Gasteiger partial charge is 0.324 e. The Morgan fingerprint density at radius 2 is 2.50 bits per heavy atom. The van der Waals surface area contributed by atoms with E-state index in [9.17, 15) is 14.9 Å². The third kappa shape index (κ3) is 3.27. The molecule has 1 aromatic heterocycles. The molecule has 6 nitrogen and oxygen atoms in total. The first-order chi connectivity index (χ1) is 8.66. The first kappa shape index (κ1) is 13.0. The average Bonchev–Trinajstić information content (AvgIpc) is 2.99. The lowest BCUT2D eigenvalue weighted by atomic mass is 10.1. The van der Waals surface area contributed by atoms with Crippen molar-refractivity contribution in [2.24, 2.45) is 0 Å². The summed E-state index contributed by atoms with van der Waals surface area (Å²) in [5.74, 6) is -0.239. The molecular weight excluding hydrogens is 254 g/mol. The van der Waals surface area contributed by atoms with Crippen molar-refractivity contribution in [3.05, 3.63) is 27.1 Å². The number of carbonyl (C=O) groups excluding carboxylic acids is 1. The zero-order valence-corrected chi connectivity index (χ0v) is 10.7. The molecule has 1 aliphatic heterocycles. The highest BCUT2D eigenvalue weighted by molar-refractivity contribution is 7.13. The molecule has 1 fully saturated rings. The van der Waals surface area contributed by atoms with Crippen LogP contribution in [0.25, 0.3) is 0 Å². The lowest BCUT2D eigenvalue weighted by Gasteiger charge is -2.10. The Labute approximate surface area is 109 Å². The zero-order chi connectivity index (χ0) is 13.0. The molecule has 0 radical (unpaired) electrons. The Morgan fingerprint density at radius 3 is 3.11 bits per heavy atom. The summed E-state index contributed by atoms with van der Waals surface area (Å²) >= 11 is 0.972. The third-order valence-electron chi connectivity index (χ3n) is 2.97. The Bertz CT molecular complexity index is 440. The van der Waals surface area contributed by atoms with E-state index >= 15 is 0 Å². The Kier molecular flexibility index (Phi) is 4.27. The second kappa shape index (κ2) is 5.92. The summed E-state index contributed by atoms with van der Waals surface area (Å²) in [5, 5.41) is 18.1. The van der Waals surface area contributed by atoms with E-state index in [4.69, 9.17) is 0 Å². The molecule has 0 unspecified atom stereocenters. The minimum Gasteiger partial charge on any atom is -0.352 e. The van der Waals surface area contributed by atoms with Crippen LogP contribution in [0.3, 0.4) is 0 Å². The molecule has 98 valence electrons. The number of hydrogen-bond donors (Lipinski definition) is 2. The van der Waals surface area contributed by atoms with E-state index in [0.717, 1.165) is 30.7 Å². The van der Waals surface area contributed by atoms with Crippen LogP contribution in [0.5, 0.6) is 0 Å². The summed E-state index contributed by atoms with van der Waals surface area (Å²) in [5.41, 5.74) is 0.367. The largest absolute Gasteiger partial charge is 0.352 e. The minimum atomic E-state index is -0.482. The first-order valence-corrected chi connectivity index (χ1v) is 6.79. The molecule has 1 amide bonds. The van der Waals surface area contributed by atoms with Crippen LogP contribution >= 0.6 is 11.3 Å². The molecule has 1 aliphatic rings. The number of carbonyl (C=O) groups is 1. The van der Waals surface area contributed by atoms with Crippen molar-refractivity contribution in [1.82, 2.24) is 10.6 Å². The van der Waals surface area contributed by atoms with E-state index in [1.807, 2.05) is 0 Å². The average molecular weight is 269 g/mol. The van der Waals surface area contributed by atoms with Gasteiger partial charge in [0.2, 0.25) is 0 Å². The summed E-state index contributed by atoms with van der Waals surface area (Å²) < 4.78 is 0. The Morgan fingerprint density at radius 1 is 1.67 bits per heavy atom. The van der Waals surface area contributed by atoms with Gasteiger partial charge >= 0.3 is 5.00 Å². The molecule has 0 spiro atoms. The van der Waals surface area contributed by atoms with Crippen molar-refractivity contribution < 1.29 is 9.72 Å². The summed E-state index contributed by atoms with van der Waals surface area (Å²) in [7, 11) is 0. The van der Waals surface area contributed by atoms with Crippen molar-refractivity contribution in [3.63, 3.8) is 0 Å². The molecule has 0 aliphatic carbocycles. The van der Waals surface area contributed by atoms with E-state index in [-0.39, 0.29) is 10.9 Å². The molecule has 1 saturated heterocycles. The summed E-state index contributed by atoms with van der Waals surface area (Å²) in [6, 6.07) is 1.80. The van der Waals surface area contributed by atoms with Gasteiger partial charge in [-0.1, -0.05) is 11.3 Å². The van der Waals surface area contributed by atoms with Gasteiger partial charge in [-0.3, -0.25) is 14.9 Å². The molecule has 0 saturated carbocycles. The highest BCUT2D eigenvalue weighted by atomic mass is 32.1. The van der Waals surface area contributed by atoms with Crippen molar-refractivity contribution >= 4 is 22.2 Å². The van der Waals surface area contributed by atoms with Crippen LogP contribution in [-0.4, -0.2) is 30.0 Å². The van der Waals surface area contributed by atoms with Crippen LogP contribution in [0, 0.1) is 10.1 Å². The van der Waals surface area contributed by atoms with Gasteiger partial charge in [-0.15, -0.1) is 0 Å². The van der Waals surface area contributed by atoms with E-state index in [2.05, 4.69) is 10.6 Å². The van der Waals surface area contributed by atoms with Gasteiger partial charge in [-0.2, -0.15) is 0 Å². The number of thiophene rings is 1. The zero-order valence-electron chi connectivity index (χ0n) is 9.85. The van der Waals surface area contributed by atoms with Gasteiger partial charge in [-0.05, 0) is 25.8 Å². The lowest BCUT2D eigenvalue weighted by Crippen LogP contribution is -2.30. The number of rotatable bonds is 5. The summed E-state index contributed by atoms with van der Waals surface area (Å²) in [6.45, 7) is 1.65. The predicted molar refractivity (Wildman–Crippen MR) is 68.9 cm³/mol. The highest BCUT2D eigenvalue weighted by Crippen LogP contribution is 2.22. The first-order valence-electron chi connectivity index (χ1n) is 5.91. The van der Waals surface area contributed by atoms with E-state index in [1.165, 1.54) is 17.9 Å². The second-order valence-electron chi connectivity index (χ2n) is 4.27. The molecule has 7 heteroatoms. The molecule has 18 heavy (non-hydrogen) atoms. The molecule has 2 heterocycles. The third-order valence-corrected chi connectivity index (χ3v) is 3.85. The molecular formula is C11H15N3O3S. The lowest BCUT2D eigenvalue weighted by molar-refractivity contribution is -0.380. The predicted octanol–water partition coefficient (Wildman–Crippen LogP) is 1.53. The van der Waals surface area contributed by atoms with Crippen LogP contribution in [0.4, 0.5) is 5.00 Å². The van der Waals surface area contributed by atoms with Gasteiger partial charge in [0.15, 0.2) is 0 Å². The van der Waals surface area contributed by atoms with Crippen molar-refractivity contribution in [1.29, 1.82) is 0 Å². The van der Waals surface area contributed by atoms with Gasteiger partial charge in [0.1, 0.15) is 0 Å². The van der Waals surface area contributed by atoms with E-state index in [0.29, 0.717) is 18.2 Å². The summed E-state index contributed by atoms with van der Waals surface area (Å²) in [6.07, 6.45) is 3.24. The van der Waals surface area contributed by atoms with Crippen LogP contribution in [-0.2, 0) is 0 Å². The van der Waals surface area contributed by atoms with Crippen LogP contribution in [0.2, 0.25) is 0 Å². The molecule has 1 atom stereocenters. The minimum absolute atomic E-state index is 0.00221. The topological polar surface area (TPSA) is 84.3 Å². The van der Waals surface area contributed by atoms with Crippen molar-refractivity contribution in [2.75, 3.05) is 13.1 Å². The van der Waals surface area contributed by atoms with Crippen molar-refractivity contribution in [2.45, 2.75) is 25.3 Å².